The van der Waals surface area contributed by atoms with Gasteiger partial charge in [0, 0.05) is 0 Å². The van der Waals surface area contributed by atoms with Crippen LogP contribution in [-0.4, -0.2) is 22.8 Å². The monoisotopic (exact) mass is 133 g/mol. The first-order valence-corrected chi connectivity index (χ1v) is 3.10. The van der Waals surface area contributed by atoms with E-state index in [4.69, 9.17) is 7.85 Å². The minimum atomic E-state index is 0.379. The van der Waals surface area contributed by atoms with Crippen molar-refractivity contribution in [3.8, 4) is 0 Å². The van der Waals surface area contributed by atoms with Gasteiger partial charge in [0.15, 0.2) is 0 Å². The zero-order valence-electron chi connectivity index (χ0n) is 6.13. The molecule has 1 heterocycles. The summed E-state index contributed by atoms with van der Waals surface area (Å²) in [5.41, 5.74) is 0. The second-order valence-corrected chi connectivity index (χ2v) is 2.05. The van der Waals surface area contributed by atoms with Crippen LogP contribution >= 0.6 is 0 Å². The van der Waals surface area contributed by atoms with Gasteiger partial charge in [-0.3, -0.25) is 0 Å². The highest BCUT2D eigenvalue weighted by Gasteiger charge is 1.95. The molecule has 0 spiro atoms. The normalized spacial score (nSPS) is 9.80. The lowest BCUT2D eigenvalue weighted by Crippen LogP contribution is -2.02. The van der Waals surface area contributed by atoms with E-state index in [1.54, 1.807) is 0 Å². The van der Waals surface area contributed by atoms with Crippen molar-refractivity contribution in [2.75, 3.05) is 0 Å². The summed E-state index contributed by atoms with van der Waals surface area (Å²) in [6.45, 7) is 3.65. The van der Waals surface area contributed by atoms with Gasteiger partial charge >= 0.3 is 0 Å². The second kappa shape index (κ2) is 2.77. The van der Waals surface area contributed by atoms with Crippen LogP contribution in [0.2, 0.25) is 0 Å². The molecule has 0 saturated heterocycles. The molecule has 0 aromatic carbocycles. The summed E-state index contributed by atoms with van der Waals surface area (Å²) in [4.78, 5) is 12.0. The Balaban J connectivity index is 3.06. The molecule has 0 N–H and O–H groups in total. The van der Waals surface area contributed by atoms with E-state index < -0.39 is 0 Å². The molecule has 0 saturated carbocycles. The van der Waals surface area contributed by atoms with Gasteiger partial charge in [0.05, 0.1) is 7.85 Å². The highest BCUT2D eigenvalue weighted by Crippen LogP contribution is 1.92. The first-order chi connectivity index (χ1) is 4.72. The molecule has 0 fully saturated rings. The van der Waals surface area contributed by atoms with Gasteiger partial charge in [-0.2, -0.15) is 0 Å². The third-order valence-electron chi connectivity index (χ3n) is 1.09. The Labute approximate surface area is 61.3 Å². The SMILES string of the molecule is [B]Cc1nc(C)nc(C)n1. The van der Waals surface area contributed by atoms with Gasteiger partial charge in [0.1, 0.15) is 17.5 Å². The fourth-order valence-corrected chi connectivity index (χ4v) is 0.774. The van der Waals surface area contributed by atoms with Gasteiger partial charge in [-0.05, 0) is 20.2 Å². The molecule has 4 heteroatoms. The summed E-state index contributed by atoms with van der Waals surface area (Å²) in [7, 11) is 5.33. The maximum atomic E-state index is 5.33. The smallest absolute Gasteiger partial charge is 0.129 e. The summed E-state index contributed by atoms with van der Waals surface area (Å²) >= 11 is 0. The fourth-order valence-electron chi connectivity index (χ4n) is 0.774. The minimum absolute atomic E-state index is 0.379. The Bertz CT molecular complexity index is 216. The van der Waals surface area contributed by atoms with Crippen LogP contribution < -0.4 is 0 Å². The highest BCUT2D eigenvalue weighted by atomic mass is 15.0. The van der Waals surface area contributed by atoms with Crippen LogP contribution in [0.15, 0.2) is 0 Å². The maximum Gasteiger partial charge on any atom is 0.129 e. The van der Waals surface area contributed by atoms with Gasteiger partial charge in [0.25, 0.3) is 0 Å². The Morgan fingerprint density at radius 3 is 2.00 bits per heavy atom. The average Bonchev–Trinajstić information content (AvgIpc) is 1.85. The molecular formula is C6H8BN3. The maximum absolute atomic E-state index is 5.33. The van der Waals surface area contributed by atoms with E-state index >= 15 is 0 Å². The number of hydrogen-bond donors (Lipinski definition) is 0. The van der Waals surface area contributed by atoms with E-state index in [0.717, 1.165) is 11.6 Å². The van der Waals surface area contributed by atoms with Crippen molar-refractivity contribution < 1.29 is 0 Å². The predicted molar refractivity (Wildman–Crippen MR) is 38.8 cm³/mol. The van der Waals surface area contributed by atoms with Crippen molar-refractivity contribution in [2.45, 2.75) is 20.2 Å². The molecule has 0 unspecified atom stereocenters. The number of aryl methyl sites for hydroxylation is 2. The van der Waals surface area contributed by atoms with Gasteiger partial charge in [-0.1, -0.05) is 0 Å². The molecule has 3 nitrogen and oxygen atoms in total. The van der Waals surface area contributed by atoms with Gasteiger partial charge in [0.2, 0.25) is 0 Å². The lowest BCUT2D eigenvalue weighted by molar-refractivity contribution is 0.866. The zero-order valence-corrected chi connectivity index (χ0v) is 6.13. The van der Waals surface area contributed by atoms with Gasteiger partial charge in [-0.15, -0.1) is 0 Å². The lowest BCUT2D eigenvalue weighted by atomic mass is 10.1. The summed E-state index contributed by atoms with van der Waals surface area (Å²) in [5.74, 6) is 2.12. The Kier molecular flexibility index (Phi) is 1.99. The Morgan fingerprint density at radius 2 is 1.60 bits per heavy atom. The van der Waals surface area contributed by atoms with Crippen molar-refractivity contribution in [3.63, 3.8) is 0 Å². The molecular weight excluding hydrogens is 125 g/mol. The first-order valence-electron chi connectivity index (χ1n) is 3.10. The standard InChI is InChI=1S/C6H8BN3/c1-4-8-5(2)10-6(3-7)9-4/h3H2,1-2H3. The molecule has 2 radical (unpaired) electrons. The molecule has 0 atom stereocenters. The third kappa shape index (κ3) is 1.53. The molecule has 0 aliphatic carbocycles. The molecule has 1 rings (SSSR count). The summed E-state index contributed by atoms with van der Waals surface area (Å²) in [6.07, 6.45) is 0.379. The summed E-state index contributed by atoms with van der Waals surface area (Å²) in [5, 5.41) is 0. The van der Waals surface area contributed by atoms with E-state index in [1.165, 1.54) is 0 Å². The first kappa shape index (κ1) is 7.19. The van der Waals surface area contributed by atoms with E-state index in [9.17, 15) is 0 Å². The van der Waals surface area contributed by atoms with Gasteiger partial charge in [-0.25, -0.2) is 15.0 Å². The third-order valence-corrected chi connectivity index (χ3v) is 1.09. The summed E-state index contributed by atoms with van der Waals surface area (Å²) in [6, 6.07) is 0. The van der Waals surface area contributed by atoms with Crippen LogP contribution in [0.3, 0.4) is 0 Å². The summed E-state index contributed by atoms with van der Waals surface area (Å²) < 4.78 is 0. The second-order valence-electron chi connectivity index (χ2n) is 2.05. The van der Waals surface area contributed by atoms with Crippen molar-refractivity contribution in [2.24, 2.45) is 0 Å². The fraction of sp³-hybridized carbons (Fsp3) is 0.500. The minimum Gasteiger partial charge on any atom is -0.219 e. The Morgan fingerprint density at radius 1 is 1.10 bits per heavy atom. The zero-order chi connectivity index (χ0) is 7.56. The van der Waals surface area contributed by atoms with Crippen LogP contribution in [0.25, 0.3) is 0 Å². The molecule has 1 aromatic heterocycles. The number of rotatable bonds is 1. The molecule has 50 valence electrons. The van der Waals surface area contributed by atoms with Crippen LogP contribution in [0.4, 0.5) is 0 Å². The molecule has 0 aliphatic heterocycles. The quantitative estimate of drug-likeness (QED) is 0.512. The molecule has 1 aromatic rings. The molecule has 10 heavy (non-hydrogen) atoms. The highest BCUT2D eigenvalue weighted by molar-refractivity contribution is 6.07. The van der Waals surface area contributed by atoms with Crippen molar-refractivity contribution in [3.05, 3.63) is 17.5 Å². The van der Waals surface area contributed by atoms with Crippen LogP contribution in [0.5, 0.6) is 0 Å². The van der Waals surface area contributed by atoms with Crippen LogP contribution in [-0.2, 0) is 6.32 Å². The number of nitrogens with zero attached hydrogens (tertiary/aromatic N) is 3. The van der Waals surface area contributed by atoms with Gasteiger partial charge < -0.3 is 0 Å². The van der Waals surface area contributed by atoms with Crippen molar-refractivity contribution in [1.82, 2.24) is 15.0 Å². The van der Waals surface area contributed by atoms with Crippen LogP contribution in [0.1, 0.15) is 17.5 Å². The lowest BCUT2D eigenvalue weighted by Gasteiger charge is -1.97. The number of aromatic nitrogens is 3. The van der Waals surface area contributed by atoms with E-state index in [2.05, 4.69) is 15.0 Å². The predicted octanol–water partition coefficient (Wildman–Crippen LogP) is 0.157. The van der Waals surface area contributed by atoms with E-state index in [0.29, 0.717) is 12.1 Å². The van der Waals surface area contributed by atoms with Crippen molar-refractivity contribution >= 4 is 7.85 Å². The molecule has 0 aliphatic rings. The van der Waals surface area contributed by atoms with E-state index in [1.807, 2.05) is 13.8 Å². The Hall–Kier alpha value is -0.925. The average molecular weight is 133 g/mol. The topological polar surface area (TPSA) is 38.7 Å². The largest absolute Gasteiger partial charge is 0.219 e. The molecule has 0 bridgehead atoms. The number of hydrogen-bond acceptors (Lipinski definition) is 3. The van der Waals surface area contributed by atoms with E-state index in [-0.39, 0.29) is 0 Å². The van der Waals surface area contributed by atoms with Crippen molar-refractivity contribution in [1.29, 1.82) is 0 Å². The van der Waals surface area contributed by atoms with Crippen LogP contribution in [0, 0.1) is 13.8 Å². The molecule has 0 amide bonds.